The van der Waals surface area contributed by atoms with Gasteiger partial charge in [0.1, 0.15) is 12.4 Å². The first-order chi connectivity index (χ1) is 16.7. The molecule has 4 rings (SSSR count). The molecule has 174 valence electrons. The third kappa shape index (κ3) is 5.79. The summed E-state index contributed by atoms with van der Waals surface area (Å²) < 4.78 is 27.2. The van der Waals surface area contributed by atoms with E-state index in [1.54, 1.807) is 49.6 Å². The average Bonchev–Trinajstić information content (AvgIpc) is 3.36. The lowest BCUT2D eigenvalue weighted by molar-refractivity contribution is 0.0850. The number of carbonyl (C=O) groups is 1. The van der Waals surface area contributed by atoms with Crippen LogP contribution in [-0.4, -0.2) is 36.8 Å². The van der Waals surface area contributed by atoms with E-state index in [4.69, 9.17) is 23.5 Å². The maximum absolute atomic E-state index is 12.5. The molecule has 0 aliphatic heterocycles. The Balaban J connectivity index is 1.37. The second-order valence-corrected chi connectivity index (χ2v) is 7.30. The largest absolute Gasteiger partial charge is 0.497 e. The Kier molecular flexibility index (Phi) is 7.52. The van der Waals surface area contributed by atoms with Crippen molar-refractivity contribution in [3.05, 3.63) is 89.8 Å². The molecule has 0 unspecified atom stereocenters. The van der Waals surface area contributed by atoms with E-state index in [-0.39, 0.29) is 19.0 Å². The highest BCUT2D eigenvalue weighted by Gasteiger charge is 2.14. The second kappa shape index (κ2) is 11.1. The maximum Gasteiger partial charge on any atom is 0.252 e. The molecule has 0 fully saturated rings. The Labute approximate surface area is 197 Å². The molecule has 0 bridgehead atoms. The monoisotopic (exact) mass is 460 g/mol. The molecule has 0 aliphatic carbocycles. The van der Waals surface area contributed by atoms with E-state index in [1.165, 1.54) is 7.11 Å². The third-order valence-corrected chi connectivity index (χ3v) is 4.98. The number of Topliss-reactive ketones (excluding diaryl/α,β-unsaturated/α-hetero) is 1. The van der Waals surface area contributed by atoms with Crippen LogP contribution in [0.25, 0.3) is 11.4 Å². The van der Waals surface area contributed by atoms with Gasteiger partial charge in [-0.15, -0.1) is 0 Å². The second-order valence-electron chi connectivity index (χ2n) is 7.30. The Hall–Kier alpha value is -4.17. The molecule has 0 aliphatic rings. The fourth-order valence-corrected chi connectivity index (χ4v) is 3.21. The number of hydrogen-bond acceptors (Lipinski definition) is 8. The van der Waals surface area contributed by atoms with Crippen molar-refractivity contribution in [2.24, 2.45) is 0 Å². The molecular formula is C26H24N2O6. The summed E-state index contributed by atoms with van der Waals surface area (Å²) in [7, 11) is 3.08. The molecule has 0 saturated heterocycles. The first-order valence-electron chi connectivity index (χ1n) is 10.6. The van der Waals surface area contributed by atoms with Crippen LogP contribution >= 0.6 is 0 Å². The van der Waals surface area contributed by atoms with Crippen LogP contribution in [0.3, 0.4) is 0 Å². The van der Waals surface area contributed by atoms with Crippen LogP contribution in [-0.2, 0) is 18.0 Å². The topological polar surface area (TPSA) is 92.9 Å². The molecule has 8 heteroatoms. The molecular weight excluding hydrogens is 436 g/mol. The van der Waals surface area contributed by atoms with Crippen LogP contribution < -0.4 is 14.2 Å². The number of benzene rings is 3. The minimum Gasteiger partial charge on any atom is -0.497 e. The fourth-order valence-electron chi connectivity index (χ4n) is 3.21. The molecule has 0 saturated carbocycles. The molecule has 3 aromatic carbocycles. The van der Waals surface area contributed by atoms with Crippen molar-refractivity contribution in [1.82, 2.24) is 10.1 Å². The molecule has 0 N–H and O–H groups in total. The number of methoxy groups -OCH3 is 2. The van der Waals surface area contributed by atoms with Gasteiger partial charge in [-0.25, -0.2) is 0 Å². The van der Waals surface area contributed by atoms with Gasteiger partial charge in [0.15, 0.2) is 23.9 Å². The summed E-state index contributed by atoms with van der Waals surface area (Å²) in [4.78, 5) is 16.9. The molecule has 4 aromatic rings. The Morgan fingerprint density at radius 1 is 0.882 bits per heavy atom. The van der Waals surface area contributed by atoms with Gasteiger partial charge in [-0.3, -0.25) is 4.79 Å². The summed E-state index contributed by atoms with van der Waals surface area (Å²) in [5, 5.41) is 4.02. The predicted molar refractivity (Wildman–Crippen MR) is 124 cm³/mol. The van der Waals surface area contributed by atoms with Gasteiger partial charge in [-0.05, 0) is 35.9 Å². The van der Waals surface area contributed by atoms with Crippen molar-refractivity contribution >= 4 is 5.78 Å². The van der Waals surface area contributed by atoms with Gasteiger partial charge in [0.25, 0.3) is 5.89 Å². The molecule has 0 radical (unpaired) electrons. The van der Waals surface area contributed by atoms with Crippen molar-refractivity contribution < 1.29 is 28.3 Å². The van der Waals surface area contributed by atoms with E-state index in [0.717, 1.165) is 5.56 Å². The molecule has 1 heterocycles. The van der Waals surface area contributed by atoms with E-state index < -0.39 is 0 Å². The fraction of sp³-hybridized carbons (Fsp3) is 0.192. The molecule has 8 nitrogen and oxygen atoms in total. The lowest BCUT2D eigenvalue weighted by Gasteiger charge is -2.11. The molecule has 1 aromatic heterocycles. The normalized spacial score (nSPS) is 10.6. The van der Waals surface area contributed by atoms with Crippen molar-refractivity contribution in [2.45, 2.75) is 13.2 Å². The van der Waals surface area contributed by atoms with E-state index in [9.17, 15) is 4.79 Å². The van der Waals surface area contributed by atoms with Crippen LogP contribution in [0.15, 0.2) is 77.3 Å². The summed E-state index contributed by atoms with van der Waals surface area (Å²) in [6.45, 7) is 0.507. The minimum atomic E-state index is -0.177. The van der Waals surface area contributed by atoms with Crippen LogP contribution in [0.1, 0.15) is 21.8 Å². The van der Waals surface area contributed by atoms with Gasteiger partial charge >= 0.3 is 0 Å². The minimum absolute atomic E-state index is 0.145. The summed E-state index contributed by atoms with van der Waals surface area (Å²) in [5.41, 5.74) is 2.25. The van der Waals surface area contributed by atoms with Gasteiger partial charge in [-0.1, -0.05) is 47.6 Å². The standard InChI is InChI=1S/C26H24N2O6/c1-30-21-10-6-9-19(13-21)22(29)16-33-23-12-11-20(14-24(23)31-2)26-27-25(34-28-26)17-32-15-18-7-4-3-5-8-18/h3-14H,15-17H2,1-2H3. The third-order valence-electron chi connectivity index (χ3n) is 4.98. The Morgan fingerprint density at radius 3 is 2.53 bits per heavy atom. The van der Waals surface area contributed by atoms with Crippen LogP contribution in [0.4, 0.5) is 0 Å². The maximum atomic E-state index is 12.5. The number of hydrogen-bond donors (Lipinski definition) is 0. The number of ether oxygens (including phenoxy) is 4. The van der Waals surface area contributed by atoms with Crippen LogP contribution in [0, 0.1) is 0 Å². The lowest BCUT2D eigenvalue weighted by Crippen LogP contribution is -2.12. The Morgan fingerprint density at radius 2 is 1.74 bits per heavy atom. The summed E-state index contributed by atoms with van der Waals surface area (Å²) >= 11 is 0. The molecule has 0 atom stereocenters. The van der Waals surface area contributed by atoms with E-state index in [2.05, 4.69) is 10.1 Å². The van der Waals surface area contributed by atoms with Crippen molar-refractivity contribution in [2.75, 3.05) is 20.8 Å². The smallest absolute Gasteiger partial charge is 0.252 e. The van der Waals surface area contributed by atoms with Gasteiger partial charge in [0.05, 0.1) is 20.8 Å². The highest BCUT2D eigenvalue weighted by Crippen LogP contribution is 2.32. The first-order valence-corrected chi connectivity index (χ1v) is 10.6. The number of rotatable bonds is 11. The molecule has 34 heavy (non-hydrogen) atoms. The lowest BCUT2D eigenvalue weighted by atomic mass is 10.1. The van der Waals surface area contributed by atoms with Gasteiger partial charge in [0, 0.05) is 11.1 Å². The summed E-state index contributed by atoms with van der Waals surface area (Å²) in [5.74, 6) is 2.07. The average molecular weight is 460 g/mol. The van der Waals surface area contributed by atoms with Gasteiger partial charge < -0.3 is 23.5 Å². The zero-order valence-corrected chi connectivity index (χ0v) is 18.9. The zero-order valence-electron chi connectivity index (χ0n) is 18.9. The predicted octanol–water partition coefficient (Wildman–Crippen LogP) is 4.73. The quantitative estimate of drug-likeness (QED) is 0.297. The highest BCUT2D eigenvalue weighted by molar-refractivity contribution is 5.97. The molecule has 0 spiro atoms. The van der Waals surface area contributed by atoms with Crippen molar-refractivity contribution in [3.8, 4) is 28.6 Å². The summed E-state index contributed by atoms with van der Waals surface area (Å²) in [6.07, 6.45) is 0. The van der Waals surface area contributed by atoms with Crippen LogP contribution in [0.2, 0.25) is 0 Å². The van der Waals surface area contributed by atoms with Gasteiger partial charge in [0.2, 0.25) is 5.82 Å². The van der Waals surface area contributed by atoms with Crippen LogP contribution in [0.5, 0.6) is 17.2 Å². The van der Waals surface area contributed by atoms with E-state index in [0.29, 0.717) is 46.7 Å². The SMILES string of the molecule is COc1cccc(C(=O)COc2ccc(-c3noc(COCc4ccccc4)n3)cc2OC)c1. The molecule has 0 amide bonds. The Bertz CT molecular complexity index is 1240. The van der Waals surface area contributed by atoms with Crippen molar-refractivity contribution in [1.29, 1.82) is 0 Å². The summed E-state index contributed by atoms with van der Waals surface area (Å²) in [6, 6.07) is 22.0. The number of carbonyl (C=O) groups excluding carboxylic acids is 1. The number of aromatic nitrogens is 2. The van der Waals surface area contributed by atoms with Gasteiger partial charge in [-0.2, -0.15) is 4.98 Å². The van der Waals surface area contributed by atoms with E-state index >= 15 is 0 Å². The first kappa shape index (κ1) is 23.0. The number of ketones is 1. The highest BCUT2D eigenvalue weighted by atomic mass is 16.5. The van der Waals surface area contributed by atoms with E-state index in [1.807, 2.05) is 30.3 Å². The van der Waals surface area contributed by atoms with Crippen molar-refractivity contribution in [3.63, 3.8) is 0 Å². The zero-order chi connectivity index (χ0) is 23.8. The number of nitrogens with zero attached hydrogens (tertiary/aromatic N) is 2.